The second-order valence-electron chi connectivity index (χ2n) is 3.76. The molecular weight excluding hydrogens is 232 g/mol. The molecule has 0 unspecified atom stereocenters. The van der Waals surface area contributed by atoms with Gasteiger partial charge < -0.3 is 15.5 Å². The molecule has 2 rings (SSSR count). The van der Waals surface area contributed by atoms with Gasteiger partial charge in [0.1, 0.15) is 0 Å². The summed E-state index contributed by atoms with van der Waals surface area (Å²) < 4.78 is 5.07. The van der Waals surface area contributed by atoms with Crippen molar-refractivity contribution in [3.05, 3.63) is 30.7 Å². The molecule has 0 aliphatic heterocycles. The zero-order valence-electron chi connectivity index (χ0n) is 9.80. The van der Waals surface area contributed by atoms with Crippen LogP contribution in [0.4, 0.5) is 5.69 Å². The second-order valence-corrected chi connectivity index (χ2v) is 3.76. The van der Waals surface area contributed by atoms with E-state index < -0.39 is 0 Å². The Hall–Kier alpha value is -2.21. The maximum atomic E-state index is 11.5. The van der Waals surface area contributed by atoms with Crippen LogP contribution in [0.5, 0.6) is 0 Å². The number of carbonyl (C=O) groups is 1. The minimum absolute atomic E-state index is 0.0361. The van der Waals surface area contributed by atoms with E-state index in [0.29, 0.717) is 25.3 Å². The van der Waals surface area contributed by atoms with E-state index in [-0.39, 0.29) is 5.91 Å². The third-order valence-corrected chi connectivity index (χ3v) is 2.38. The highest BCUT2D eigenvalue weighted by Crippen LogP contribution is 2.18. The zero-order chi connectivity index (χ0) is 12.8. The number of nitrogens with zero attached hydrogens (tertiary/aromatic N) is 2. The molecule has 6 nitrogen and oxygen atoms in total. The first-order valence-electron chi connectivity index (χ1n) is 5.66. The van der Waals surface area contributed by atoms with Gasteiger partial charge in [-0.3, -0.25) is 4.79 Å². The third kappa shape index (κ3) is 3.14. The number of rotatable bonds is 5. The molecule has 2 aromatic rings. The number of aromatic nitrogens is 2. The fourth-order valence-electron chi connectivity index (χ4n) is 1.48. The van der Waals surface area contributed by atoms with E-state index in [1.54, 1.807) is 12.1 Å². The molecule has 0 spiro atoms. The lowest BCUT2D eigenvalue weighted by atomic mass is 10.2. The van der Waals surface area contributed by atoms with E-state index in [1.807, 2.05) is 12.1 Å². The summed E-state index contributed by atoms with van der Waals surface area (Å²) >= 11 is 0. The summed E-state index contributed by atoms with van der Waals surface area (Å²) in [7, 11) is 0. The Labute approximate surface area is 104 Å². The second kappa shape index (κ2) is 5.92. The largest absolute Gasteiger partial charge is 0.423 e. The van der Waals surface area contributed by atoms with Gasteiger partial charge in [-0.25, -0.2) is 0 Å². The highest BCUT2D eigenvalue weighted by atomic mass is 16.4. The maximum absolute atomic E-state index is 11.5. The number of hydrogen-bond donors (Lipinski definition) is 2. The molecule has 6 heteroatoms. The molecule has 0 radical (unpaired) electrons. The van der Waals surface area contributed by atoms with Crippen LogP contribution in [0.3, 0.4) is 0 Å². The van der Waals surface area contributed by atoms with Gasteiger partial charge in [-0.2, -0.15) is 0 Å². The minimum atomic E-state index is -0.0361. The van der Waals surface area contributed by atoms with Crippen molar-refractivity contribution in [2.45, 2.75) is 12.8 Å². The molecule has 1 aromatic carbocycles. The summed E-state index contributed by atoms with van der Waals surface area (Å²) in [6.45, 7) is 0.517. The molecule has 1 heterocycles. The van der Waals surface area contributed by atoms with Gasteiger partial charge in [-0.05, 0) is 37.2 Å². The average Bonchev–Trinajstić information content (AvgIpc) is 2.91. The van der Waals surface area contributed by atoms with E-state index in [1.165, 1.54) is 6.39 Å². The van der Waals surface area contributed by atoms with Crippen molar-refractivity contribution >= 4 is 11.6 Å². The van der Waals surface area contributed by atoms with Gasteiger partial charge >= 0.3 is 0 Å². The van der Waals surface area contributed by atoms with Crippen molar-refractivity contribution in [1.29, 1.82) is 0 Å². The normalized spacial score (nSPS) is 10.3. The van der Waals surface area contributed by atoms with E-state index in [2.05, 4.69) is 15.5 Å². The fourth-order valence-corrected chi connectivity index (χ4v) is 1.48. The topological polar surface area (TPSA) is 94.0 Å². The molecule has 0 atom stereocenters. The lowest BCUT2D eigenvalue weighted by Gasteiger charge is -2.04. The van der Waals surface area contributed by atoms with Crippen molar-refractivity contribution in [3.63, 3.8) is 0 Å². The first-order chi connectivity index (χ1) is 8.79. The predicted molar refractivity (Wildman–Crippen MR) is 66.7 cm³/mol. The standard InChI is InChI=1S/C12H14N4O2/c13-7-1-2-11(17)15-10-5-3-9(4-6-10)12-16-14-8-18-12/h3-6,8H,1-2,7,13H2,(H,15,17). The van der Waals surface area contributed by atoms with Crippen LogP contribution in [0, 0.1) is 0 Å². The van der Waals surface area contributed by atoms with Crippen LogP contribution in [-0.4, -0.2) is 22.6 Å². The molecule has 0 bridgehead atoms. The van der Waals surface area contributed by atoms with Crippen LogP contribution in [0.15, 0.2) is 35.1 Å². The summed E-state index contributed by atoms with van der Waals surface area (Å²) in [5.74, 6) is 0.419. The van der Waals surface area contributed by atoms with Gasteiger partial charge in [0.05, 0.1) is 0 Å². The SMILES string of the molecule is NCCCC(=O)Nc1ccc(-c2nnco2)cc1. The van der Waals surface area contributed by atoms with Crippen LogP contribution in [0.25, 0.3) is 11.5 Å². The lowest BCUT2D eigenvalue weighted by Crippen LogP contribution is -2.13. The quantitative estimate of drug-likeness (QED) is 0.831. The number of benzene rings is 1. The number of anilines is 1. The fraction of sp³-hybridized carbons (Fsp3) is 0.250. The highest BCUT2D eigenvalue weighted by Gasteiger charge is 2.04. The molecule has 1 amide bonds. The van der Waals surface area contributed by atoms with Gasteiger partial charge in [-0.15, -0.1) is 10.2 Å². The lowest BCUT2D eigenvalue weighted by molar-refractivity contribution is -0.116. The van der Waals surface area contributed by atoms with Crippen LogP contribution >= 0.6 is 0 Å². The van der Waals surface area contributed by atoms with Gasteiger partial charge in [0, 0.05) is 17.7 Å². The molecule has 0 saturated heterocycles. The molecule has 1 aromatic heterocycles. The predicted octanol–water partition coefficient (Wildman–Crippen LogP) is 1.41. The van der Waals surface area contributed by atoms with Crippen molar-refractivity contribution in [3.8, 4) is 11.5 Å². The van der Waals surface area contributed by atoms with Gasteiger partial charge in [0.2, 0.25) is 18.2 Å². The number of nitrogens with two attached hydrogens (primary N) is 1. The molecule has 18 heavy (non-hydrogen) atoms. The van der Waals surface area contributed by atoms with Crippen molar-refractivity contribution in [2.75, 3.05) is 11.9 Å². The Kier molecular flexibility index (Phi) is 4.03. The van der Waals surface area contributed by atoms with Gasteiger partial charge in [0.15, 0.2) is 0 Å². The smallest absolute Gasteiger partial charge is 0.247 e. The summed E-state index contributed by atoms with van der Waals surface area (Å²) in [5, 5.41) is 10.2. The first kappa shape index (κ1) is 12.3. The monoisotopic (exact) mass is 246 g/mol. The molecule has 0 aliphatic rings. The van der Waals surface area contributed by atoms with E-state index in [0.717, 1.165) is 11.3 Å². The Morgan fingerprint density at radius 2 is 2.11 bits per heavy atom. The molecule has 3 N–H and O–H groups in total. The van der Waals surface area contributed by atoms with E-state index in [9.17, 15) is 4.79 Å². The number of nitrogens with one attached hydrogen (secondary N) is 1. The van der Waals surface area contributed by atoms with Crippen LogP contribution < -0.4 is 11.1 Å². The number of carbonyl (C=O) groups excluding carboxylic acids is 1. The van der Waals surface area contributed by atoms with Gasteiger partial charge in [-0.1, -0.05) is 0 Å². The van der Waals surface area contributed by atoms with E-state index in [4.69, 9.17) is 10.2 Å². The Morgan fingerprint density at radius 3 is 2.72 bits per heavy atom. The summed E-state index contributed by atoms with van der Waals surface area (Å²) in [6.07, 6.45) is 2.39. The third-order valence-electron chi connectivity index (χ3n) is 2.38. The maximum Gasteiger partial charge on any atom is 0.247 e. The molecule has 94 valence electrons. The van der Waals surface area contributed by atoms with Crippen molar-refractivity contribution < 1.29 is 9.21 Å². The summed E-state index contributed by atoms with van der Waals surface area (Å²) in [4.78, 5) is 11.5. The van der Waals surface area contributed by atoms with Crippen LogP contribution in [0.1, 0.15) is 12.8 Å². The van der Waals surface area contributed by atoms with E-state index >= 15 is 0 Å². The Bertz CT molecular complexity index is 493. The average molecular weight is 246 g/mol. The zero-order valence-corrected chi connectivity index (χ0v) is 9.80. The Morgan fingerprint density at radius 1 is 1.33 bits per heavy atom. The van der Waals surface area contributed by atoms with Crippen molar-refractivity contribution in [2.24, 2.45) is 5.73 Å². The van der Waals surface area contributed by atoms with Crippen LogP contribution in [-0.2, 0) is 4.79 Å². The number of amides is 1. The van der Waals surface area contributed by atoms with Crippen molar-refractivity contribution in [1.82, 2.24) is 10.2 Å². The summed E-state index contributed by atoms with van der Waals surface area (Å²) in [6, 6.07) is 7.21. The van der Waals surface area contributed by atoms with Gasteiger partial charge in [0.25, 0.3) is 0 Å². The Balaban J connectivity index is 1.98. The summed E-state index contributed by atoms with van der Waals surface area (Å²) in [5.41, 5.74) is 6.89. The number of hydrogen-bond acceptors (Lipinski definition) is 5. The first-order valence-corrected chi connectivity index (χ1v) is 5.66. The molecular formula is C12H14N4O2. The molecule has 0 saturated carbocycles. The van der Waals surface area contributed by atoms with Crippen LogP contribution in [0.2, 0.25) is 0 Å². The highest BCUT2D eigenvalue weighted by molar-refractivity contribution is 5.90. The molecule has 0 aliphatic carbocycles. The minimum Gasteiger partial charge on any atom is -0.423 e. The molecule has 0 fully saturated rings.